The Kier molecular flexibility index (Phi) is 4.86. The molecule has 126 valence electrons. The lowest BCUT2D eigenvalue weighted by Crippen LogP contribution is -2.34. The summed E-state index contributed by atoms with van der Waals surface area (Å²) in [7, 11) is -3.23. The van der Waals surface area contributed by atoms with Crippen molar-refractivity contribution in [3.63, 3.8) is 0 Å². The van der Waals surface area contributed by atoms with Crippen LogP contribution in [0.15, 0.2) is 16.7 Å². The first-order chi connectivity index (χ1) is 10.9. The lowest BCUT2D eigenvalue weighted by Gasteiger charge is -2.22. The molecule has 3 rings (SSSR count). The number of aromatic nitrogens is 1. The average Bonchev–Trinajstić information content (AvgIpc) is 3.08. The van der Waals surface area contributed by atoms with Gasteiger partial charge >= 0.3 is 0 Å². The molecule has 2 aromatic rings. The van der Waals surface area contributed by atoms with Crippen LogP contribution in [0.1, 0.15) is 33.2 Å². The van der Waals surface area contributed by atoms with Crippen molar-refractivity contribution in [1.29, 1.82) is 0 Å². The van der Waals surface area contributed by atoms with Crippen LogP contribution in [0.4, 0.5) is 0 Å². The van der Waals surface area contributed by atoms with Gasteiger partial charge < -0.3 is 9.84 Å². The number of rotatable bonds is 6. The third-order valence-corrected chi connectivity index (χ3v) is 5.65. The van der Waals surface area contributed by atoms with E-state index in [4.69, 9.17) is 4.52 Å². The maximum Gasteiger partial charge on any atom is 0.209 e. The van der Waals surface area contributed by atoms with Gasteiger partial charge in [0.05, 0.1) is 12.8 Å². The molecular formula is C15H21N3O3S2. The van der Waals surface area contributed by atoms with E-state index in [1.807, 2.05) is 11.3 Å². The minimum Gasteiger partial charge on any atom is -0.361 e. The normalized spacial score (nSPS) is 18.1. The first-order valence-electron chi connectivity index (χ1n) is 7.60. The van der Waals surface area contributed by atoms with Gasteiger partial charge in [-0.15, -0.1) is 11.3 Å². The van der Waals surface area contributed by atoms with E-state index in [9.17, 15) is 8.42 Å². The topological polar surface area (TPSA) is 84.2 Å². The van der Waals surface area contributed by atoms with Gasteiger partial charge in [-0.25, -0.2) is 13.1 Å². The second-order valence-electron chi connectivity index (χ2n) is 5.96. The highest BCUT2D eigenvalue weighted by molar-refractivity contribution is 7.88. The van der Waals surface area contributed by atoms with Crippen LogP contribution in [0.25, 0.3) is 0 Å². The number of fused-ring (bicyclic) bond motifs is 1. The minimum absolute atomic E-state index is 0.189. The zero-order chi connectivity index (χ0) is 16.4. The quantitative estimate of drug-likeness (QED) is 0.824. The molecule has 0 bridgehead atoms. The van der Waals surface area contributed by atoms with E-state index in [0.29, 0.717) is 11.7 Å². The maximum atomic E-state index is 11.2. The number of thiophene rings is 1. The van der Waals surface area contributed by atoms with E-state index in [-0.39, 0.29) is 6.54 Å². The lowest BCUT2D eigenvalue weighted by molar-refractivity contribution is 0.351. The molecule has 0 aromatic carbocycles. The van der Waals surface area contributed by atoms with Gasteiger partial charge in [-0.1, -0.05) is 5.16 Å². The molecule has 0 radical (unpaired) electrons. The van der Waals surface area contributed by atoms with Crippen molar-refractivity contribution in [3.8, 4) is 0 Å². The molecule has 6 nitrogen and oxygen atoms in total. The Morgan fingerprint density at radius 1 is 1.39 bits per heavy atom. The SMILES string of the molecule is Cc1ccc(CNC2CCc3onc(CNS(C)(=O)=O)c3C2)s1. The van der Waals surface area contributed by atoms with Gasteiger partial charge in [0, 0.05) is 34.3 Å². The fourth-order valence-corrected chi connectivity index (χ4v) is 4.04. The van der Waals surface area contributed by atoms with E-state index in [1.54, 1.807) is 0 Å². The first kappa shape index (κ1) is 16.6. The molecule has 8 heteroatoms. The minimum atomic E-state index is -3.23. The molecule has 1 unspecified atom stereocenters. The molecule has 2 aromatic heterocycles. The van der Waals surface area contributed by atoms with Crippen molar-refractivity contribution >= 4 is 21.4 Å². The van der Waals surface area contributed by atoms with E-state index in [2.05, 4.69) is 34.3 Å². The van der Waals surface area contributed by atoms with Gasteiger partial charge in [0.1, 0.15) is 11.5 Å². The van der Waals surface area contributed by atoms with Gasteiger partial charge in [0.2, 0.25) is 10.0 Å². The largest absolute Gasteiger partial charge is 0.361 e. The fraction of sp³-hybridized carbons (Fsp3) is 0.533. The molecule has 1 aliphatic rings. The van der Waals surface area contributed by atoms with Gasteiger partial charge in [-0.2, -0.15) is 0 Å². The van der Waals surface area contributed by atoms with Gasteiger partial charge in [0.25, 0.3) is 0 Å². The molecule has 0 fully saturated rings. The zero-order valence-corrected chi connectivity index (χ0v) is 14.9. The number of hydrogen-bond acceptors (Lipinski definition) is 6. The molecule has 23 heavy (non-hydrogen) atoms. The molecular weight excluding hydrogens is 334 g/mol. The highest BCUT2D eigenvalue weighted by Crippen LogP contribution is 2.25. The number of hydrogen-bond donors (Lipinski definition) is 2. The Morgan fingerprint density at radius 3 is 2.91 bits per heavy atom. The van der Waals surface area contributed by atoms with Crippen molar-refractivity contribution in [3.05, 3.63) is 38.9 Å². The fourth-order valence-electron chi connectivity index (χ4n) is 2.80. The summed E-state index contributed by atoms with van der Waals surface area (Å²) in [4.78, 5) is 2.65. The molecule has 2 N–H and O–H groups in total. The van der Waals surface area contributed by atoms with Crippen LogP contribution in [0.5, 0.6) is 0 Å². The number of nitrogens with zero attached hydrogens (tertiary/aromatic N) is 1. The third-order valence-electron chi connectivity index (χ3n) is 3.98. The van der Waals surface area contributed by atoms with Gasteiger partial charge in [0.15, 0.2) is 0 Å². The smallest absolute Gasteiger partial charge is 0.209 e. The summed E-state index contributed by atoms with van der Waals surface area (Å²) in [6.07, 6.45) is 3.81. The monoisotopic (exact) mass is 355 g/mol. The summed E-state index contributed by atoms with van der Waals surface area (Å²) >= 11 is 1.81. The van der Waals surface area contributed by atoms with Crippen LogP contribution in [0, 0.1) is 6.92 Å². The summed E-state index contributed by atoms with van der Waals surface area (Å²) in [5.41, 5.74) is 1.75. The second-order valence-corrected chi connectivity index (χ2v) is 9.16. The molecule has 1 aliphatic carbocycles. The first-order valence-corrected chi connectivity index (χ1v) is 10.3. The van der Waals surface area contributed by atoms with Crippen molar-refractivity contribution in [2.24, 2.45) is 0 Å². The molecule has 0 saturated carbocycles. The molecule has 1 atom stereocenters. The summed E-state index contributed by atoms with van der Waals surface area (Å²) in [5, 5.41) is 7.61. The lowest BCUT2D eigenvalue weighted by atomic mass is 9.92. The Balaban J connectivity index is 1.61. The number of aryl methyl sites for hydroxylation is 2. The Labute approximate surface area is 140 Å². The van der Waals surface area contributed by atoms with Crippen LogP contribution >= 0.6 is 11.3 Å². The van der Waals surface area contributed by atoms with Crippen molar-refractivity contribution < 1.29 is 12.9 Å². The maximum absolute atomic E-state index is 11.2. The molecule has 2 heterocycles. The van der Waals surface area contributed by atoms with E-state index in [1.165, 1.54) is 9.75 Å². The standard InChI is InChI=1S/C15H21N3O3S2/c1-10-3-5-12(22-10)8-16-11-4-6-15-13(7-11)14(18-21-15)9-17-23(2,19)20/h3,5,11,16-17H,4,6-9H2,1-2H3. The van der Waals surface area contributed by atoms with Crippen molar-refractivity contribution in [1.82, 2.24) is 15.2 Å². The van der Waals surface area contributed by atoms with E-state index >= 15 is 0 Å². The highest BCUT2D eigenvalue weighted by Gasteiger charge is 2.25. The van der Waals surface area contributed by atoms with Gasteiger partial charge in [-0.3, -0.25) is 0 Å². The van der Waals surface area contributed by atoms with Crippen LogP contribution < -0.4 is 10.0 Å². The molecule has 0 amide bonds. The van der Waals surface area contributed by atoms with Crippen molar-refractivity contribution in [2.45, 2.75) is 45.3 Å². The predicted octanol–water partition coefficient (Wildman–Crippen LogP) is 1.74. The van der Waals surface area contributed by atoms with E-state index < -0.39 is 10.0 Å². The zero-order valence-electron chi connectivity index (χ0n) is 13.3. The Hall–Kier alpha value is -1.22. The number of nitrogens with one attached hydrogen (secondary N) is 2. The number of sulfonamides is 1. The van der Waals surface area contributed by atoms with Crippen LogP contribution in [-0.2, 0) is 36.0 Å². The third kappa shape index (κ3) is 4.41. The van der Waals surface area contributed by atoms with E-state index in [0.717, 1.165) is 43.4 Å². The molecule has 0 spiro atoms. The molecule has 0 aliphatic heterocycles. The summed E-state index contributed by atoms with van der Waals surface area (Å²) in [6, 6.07) is 4.65. The summed E-state index contributed by atoms with van der Waals surface area (Å²) in [6.45, 7) is 3.16. The van der Waals surface area contributed by atoms with Gasteiger partial charge in [-0.05, 0) is 31.9 Å². The summed E-state index contributed by atoms with van der Waals surface area (Å²) in [5.74, 6) is 0.889. The second kappa shape index (κ2) is 6.72. The van der Waals surface area contributed by atoms with Crippen LogP contribution in [-0.4, -0.2) is 25.9 Å². The van der Waals surface area contributed by atoms with Crippen molar-refractivity contribution in [2.75, 3.05) is 6.26 Å². The average molecular weight is 355 g/mol. The Morgan fingerprint density at radius 2 is 2.22 bits per heavy atom. The highest BCUT2D eigenvalue weighted by atomic mass is 32.2. The Bertz CT molecular complexity index is 780. The summed E-state index contributed by atoms with van der Waals surface area (Å²) < 4.78 is 30.3. The van der Waals surface area contributed by atoms with Crippen LogP contribution in [0.2, 0.25) is 0 Å². The molecule has 0 saturated heterocycles. The van der Waals surface area contributed by atoms with Crippen LogP contribution in [0.3, 0.4) is 0 Å². The predicted molar refractivity (Wildman–Crippen MR) is 89.9 cm³/mol.